The Labute approximate surface area is 210 Å². The van der Waals surface area contributed by atoms with Crippen molar-refractivity contribution < 1.29 is 4.74 Å². The fourth-order valence-corrected chi connectivity index (χ4v) is 4.07. The Bertz CT molecular complexity index is 789. The molecule has 0 aliphatic carbocycles. The average Bonchev–Trinajstić information content (AvgIpc) is 3.23. The first-order chi connectivity index (χ1) is 15.2. The average molecular weight is 555 g/mol. The Morgan fingerprint density at radius 2 is 1.91 bits per heavy atom. The number of nitrogens with one attached hydrogen (secondary N) is 2. The molecule has 2 N–H and O–H groups in total. The van der Waals surface area contributed by atoms with Gasteiger partial charge in [-0.1, -0.05) is 44.2 Å². The second-order valence-corrected chi connectivity index (χ2v) is 8.52. The molecular weight excluding hydrogens is 515 g/mol. The summed E-state index contributed by atoms with van der Waals surface area (Å²) in [4.78, 5) is 11.5. The molecule has 7 nitrogen and oxygen atoms in total. The minimum atomic E-state index is 0. The van der Waals surface area contributed by atoms with E-state index in [4.69, 9.17) is 4.74 Å². The molecule has 32 heavy (non-hydrogen) atoms. The van der Waals surface area contributed by atoms with E-state index >= 15 is 0 Å². The van der Waals surface area contributed by atoms with Crippen molar-refractivity contribution in [2.45, 2.75) is 39.3 Å². The second kappa shape index (κ2) is 14.5. The predicted molar refractivity (Wildman–Crippen MR) is 142 cm³/mol. The lowest BCUT2D eigenvalue weighted by Crippen LogP contribution is -2.51. The molecule has 178 valence electrons. The van der Waals surface area contributed by atoms with Crippen LogP contribution in [0, 0.1) is 5.92 Å². The lowest BCUT2D eigenvalue weighted by molar-refractivity contribution is 0.0132. The van der Waals surface area contributed by atoms with Gasteiger partial charge in [0.05, 0.1) is 13.2 Å². The molecule has 1 atom stereocenters. The second-order valence-electron chi connectivity index (χ2n) is 8.52. The van der Waals surface area contributed by atoms with Gasteiger partial charge in [0, 0.05) is 64.6 Å². The fourth-order valence-electron chi connectivity index (χ4n) is 4.07. The molecule has 0 bridgehead atoms. The number of guanidine groups is 1. The van der Waals surface area contributed by atoms with E-state index in [9.17, 15) is 0 Å². The van der Waals surface area contributed by atoms with Crippen molar-refractivity contribution in [2.75, 3.05) is 46.4 Å². The summed E-state index contributed by atoms with van der Waals surface area (Å²) in [6, 6.07) is 11.0. The molecule has 1 aliphatic rings. The van der Waals surface area contributed by atoms with Crippen molar-refractivity contribution in [2.24, 2.45) is 10.9 Å². The summed E-state index contributed by atoms with van der Waals surface area (Å²) < 4.78 is 7.74. The van der Waals surface area contributed by atoms with Gasteiger partial charge in [-0.3, -0.25) is 9.89 Å². The van der Waals surface area contributed by atoms with Gasteiger partial charge in [0.25, 0.3) is 0 Å². The van der Waals surface area contributed by atoms with E-state index < -0.39 is 0 Å². The molecule has 2 aromatic rings. The summed E-state index contributed by atoms with van der Waals surface area (Å²) in [6.07, 6.45) is 5.94. The monoisotopic (exact) mass is 554 g/mol. The number of hydrogen-bond donors (Lipinski definition) is 2. The molecule has 0 saturated carbocycles. The van der Waals surface area contributed by atoms with Crippen LogP contribution in [0.2, 0.25) is 0 Å². The topological polar surface area (TPSA) is 66.7 Å². The molecule has 0 amide bonds. The maximum Gasteiger partial charge on any atom is 0.191 e. The molecule has 1 aliphatic heterocycles. The van der Waals surface area contributed by atoms with Crippen molar-refractivity contribution in [3.8, 4) is 0 Å². The van der Waals surface area contributed by atoms with Gasteiger partial charge < -0.3 is 19.9 Å². The van der Waals surface area contributed by atoms with Crippen LogP contribution < -0.4 is 10.6 Å². The smallest absolute Gasteiger partial charge is 0.191 e. The van der Waals surface area contributed by atoms with Crippen LogP contribution in [0.5, 0.6) is 0 Å². The number of benzene rings is 1. The number of nitrogens with zero attached hydrogens (tertiary/aromatic N) is 4. The van der Waals surface area contributed by atoms with Gasteiger partial charge in [0.2, 0.25) is 0 Å². The van der Waals surface area contributed by atoms with Gasteiger partial charge in [0.15, 0.2) is 5.96 Å². The van der Waals surface area contributed by atoms with E-state index in [-0.39, 0.29) is 24.0 Å². The van der Waals surface area contributed by atoms with Crippen LogP contribution in [0.15, 0.2) is 47.7 Å². The highest BCUT2D eigenvalue weighted by Crippen LogP contribution is 2.13. The molecule has 0 radical (unpaired) electrons. The van der Waals surface area contributed by atoms with Crippen LogP contribution >= 0.6 is 24.0 Å². The SMILES string of the molecule is CN=C(NCCc1nccn1Cc1ccccc1)NCC(CC(C)C)N1CCOCC1.I. The van der Waals surface area contributed by atoms with Gasteiger partial charge in [0.1, 0.15) is 5.82 Å². The number of rotatable bonds is 10. The van der Waals surface area contributed by atoms with Crippen LogP contribution in [0.1, 0.15) is 31.7 Å². The first-order valence-electron chi connectivity index (χ1n) is 11.5. The maximum atomic E-state index is 5.53. The molecule has 1 saturated heterocycles. The Kier molecular flexibility index (Phi) is 12.0. The van der Waals surface area contributed by atoms with Crippen molar-refractivity contribution in [3.05, 3.63) is 54.1 Å². The number of hydrogen-bond acceptors (Lipinski definition) is 4. The molecular formula is C24H39IN6O. The van der Waals surface area contributed by atoms with Crippen molar-refractivity contribution in [1.82, 2.24) is 25.1 Å². The highest BCUT2D eigenvalue weighted by molar-refractivity contribution is 14.0. The third-order valence-electron chi connectivity index (χ3n) is 5.67. The summed E-state index contributed by atoms with van der Waals surface area (Å²) in [5.74, 6) is 2.59. The normalized spacial score (nSPS) is 15.9. The summed E-state index contributed by atoms with van der Waals surface area (Å²) in [7, 11) is 1.83. The van der Waals surface area contributed by atoms with Crippen LogP contribution in [0.25, 0.3) is 0 Å². The fraction of sp³-hybridized carbons (Fsp3) is 0.583. The Morgan fingerprint density at radius 3 is 2.59 bits per heavy atom. The molecule has 0 spiro atoms. The summed E-state index contributed by atoms with van der Waals surface area (Å²) in [5, 5.41) is 6.99. The van der Waals surface area contributed by atoms with E-state index in [1.807, 2.05) is 25.5 Å². The van der Waals surface area contributed by atoms with Crippen LogP contribution in [0.3, 0.4) is 0 Å². The van der Waals surface area contributed by atoms with Crippen molar-refractivity contribution in [3.63, 3.8) is 0 Å². The highest BCUT2D eigenvalue weighted by atomic mass is 127. The third kappa shape index (κ3) is 8.71. The predicted octanol–water partition coefficient (Wildman–Crippen LogP) is 3.00. The number of aliphatic imine (C=N–C) groups is 1. The summed E-state index contributed by atoms with van der Waals surface area (Å²) >= 11 is 0. The number of morpholine rings is 1. The van der Waals surface area contributed by atoms with Crippen molar-refractivity contribution >= 4 is 29.9 Å². The molecule has 1 aromatic carbocycles. The Hall–Kier alpha value is -1.65. The first kappa shape index (κ1) is 26.6. The van der Waals surface area contributed by atoms with E-state index in [2.05, 4.69) is 68.2 Å². The van der Waals surface area contributed by atoms with Gasteiger partial charge in [-0.15, -0.1) is 24.0 Å². The third-order valence-corrected chi connectivity index (χ3v) is 5.67. The molecule has 1 aromatic heterocycles. The summed E-state index contributed by atoms with van der Waals surface area (Å²) in [5.41, 5.74) is 1.28. The van der Waals surface area contributed by atoms with E-state index in [1.165, 1.54) is 12.0 Å². The van der Waals surface area contributed by atoms with Gasteiger partial charge in [-0.2, -0.15) is 0 Å². The molecule has 2 heterocycles. The Balaban J connectivity index is 0.00000363. The number of halogens is 1. The van der Waals surface area contributed by atoms with Gasteiger partial charge >= 0.3 is 0 Å². The number of ether oxygens (including phenoxy) is 1. The quantitative estimate of drug-likeness (QED) is 0.269. The van der Waals surface area contributed by atoms with E-state index in [0.29, 0.717) is 12.0 Å². The zero-order chi connectivity index (χ0) is 21.9. The van der Waals surface area contributed by atoms with Crippen LogP contribution in [0.4, 0.5) is 0 Å². The molecule has 3 rings (SSSR count). The highest BCUT2D eigenvalue weighted by Gasteiger charge is 2.22. The summed E-state index contributed by atoms with van der Waals surface area (Å²) in [6.45, 7) is 10.8. The standard InChI is InChI=1S/C24H38N6O.HI/c1-20(2)17-22(29-13-15-31-16-14-29)18-28-24(25-3)27-10-9-23-26-11-12-30(23)19-21-7-5-4-6-8-21;/h4-8,11-12,20,22H,9-10,13-19H2,1-3H3,(H2,25,27,28);1H. The largest absolute Gasteiger partial charge is 0.379 e. The minimum Gasteiger partial charge on any atom is -0.379 e. The lowest BCUT2D eigenvalue weighted by atomic mass is 10.0. The molecule has 1 unspecified atom stereocenters. The van der Waals surface area contributed by atoms with E-state index in [1.54, 1.807) is 0 Å². The maximum absolute atomic E-state index is 5.53. The van der Waals surface area contributed by atoms with Gasteiger partial charge in [-0.25, -0.2) is 4.98 Å². The molecule has 8 heteroatoms. The van der Waals surface area contributed by atoms with Gasteiger partial charge in [-0.05, 0) is 17.9 Å². The first-order valence-corrected chi connectivity index (χ1v) is 11.5. The van der Waals surface area contributed by atoms with Crippen LogP contribution in [-0.2, 0) is 17.7 Å². The Morgan fingerprint density at radius 1 is 1.16 bits per heavy atom. The number of imidazole rings is 1. The van der Waals surface area contributed by atoms with Crippen molar-refractivity contribution in [1.29, 1.82) is 0 Å². The lowest BCUT2D eigenvalue weighted by Gasteiger charge is -2.35. The van der Waals surface area contributed by atoms with Crippen LogP contribution in [-0.4, -0.2) is 72.9 Å². The number of aromatic nitrogens is 2. The zero-order valence-corrected chi connectivity index (χ0v) is 22.0. The van der Waals surface area contributed by atoms with E-state index in [0.717, 1.165) is 64.1 Å². The zero-order valence-electron chi connectivity index (χ0n) is 19.7. The molecule has 1 fully saturated rings. The minimum absolute atomic E-state index is 0.